The van der Waals surface area contributed by atoms with Gasteiger partial charge in [0.25, 0.3) is 0 Å². The fraction of sp³-hybridized carbons (Fsp3) is 0.900. The first kappa shape index (κ1) is 17.3. The molecule has 0 aromatic heterocycles. The van der Waals surface area contributed by atoms with Gasteiger partial charge in [0.05, 0.1) is 5.92 Å². The van der Waals surface area contributed by atoms with Crippen molar-refractivity contribution in [2.75, 3.05) is 6.61 Å². The van der Waals surface area contributed by atoms with E-state index >= 15 is 0 Å². The molecule has 0 heterocycles. The monoisotopic (exact) mass is 307 g/mol. The molecule has 0 aromatic rings. The van der Waals surface area contributed by atoms with E-state index in [-0.39, 0.29) is 35.5 Å². The van der Waals surface area contributed by atoms with Crippen molar-refractivity contribution in [1.82, 2.24) is 0 Å². The predicted molar refractivity (Wildman–Crippen MR) is 62.1 cm³/mol. The Morgan fingerprint density at radius 2 is 1.95 bits per heavy atom. The Morgan fingerprint density at radius 3 is 2.37 bits per heavy atom. The minimum absolute atomic E-state index is 0. The fourth-order valence-electron chi connectivity index (χ4n) is 2.87. The number of alkyl halides is 2. The Morgan fingerprint density at radius 1 is 1.32 bits per heavy atom. The third-order valence-corrected chi connectivity index (χ3v) is 4.67. The van der Waals surface area contributed by atoms with Crippen molar-refractivity contribution in [3.8, 4) is 0 Å². The van der Waals surface area contributed by atoms with Crippen LogP contribution >= 0.6 is 0 Å². The molecule has 5 nitrogen and oxygen atoms in total. The molecule has 1 radical (unpaired) electrons. The van der Waals surface area contributed by atoms with Crippen LogP contribution in [0.1, 0.15) is 25.7 Å². The van der Waals surface area contributed by atoms with E-state index in [1.54, 1.807) is 0 Å². The molecule has 0 aromatic carbocycles. The van der Waals surface area contributed by atoms with Crippen LogP contribution in [0.25, 0.3) is 0 Å². The molecule has 105 valence electrons. The summed E-state index contributed by atoms with van der Waals surface area (Å²) in [5.74, 6) is -0.567. The summed E-state index contributed by atoms with van der Waals surface area (Å²) < 4.78 is 59.0. The van der Waals surface area contributed by atoms with E-state index in [2.05, 4.69) is 4.74 Å². The van der Waals surface area contributed by atoms with Crippen LogP contribution in [-0.4, -0.2) is 60.4 Å². The van der Waals surface area contributed by atoms with Gasteiger partial charge in [-0.05, 0) is 31.1 Å². The molecule has 19 heavy (non-hydrogen) atoms. The average molecular weight is 307 g/mol. The molecule has 9 heteroatoms. The molecule has 2 saturated carbocycles. The summed E-state index contributed by atoms with van der Waals surface area (Å²) in [7, 11) is -5.54. The van der Waals surface area contributed by atoms with Crippen molar-refractivity contribution in [3.63, 3.8) is 0 Å². The van der Waals surface area contributed by atoms with Crippen LogP contribution in [0.5, 0.6) is 0 Å². The van der Waals surface area contributed by atoms with Gasteiger partial charge in [-0.15, -0.1) is 0 Å². The summed E-state index contributed by atoms with van der Waals surface area (Å²) in [4.78, 5) is 11.6. The van der Waals surface area contributed by atoms with E-state index in [9.17, 15) is 22.0 Å². The van der Waals surface area contributed by atoms with Gasteiger partial charge in [-0.2, -0.15) is 17.2 Å². The van der Waals surface area contributed by atoms with Crippen LogP contribution in [0, 0.1) is 17.8 Å². The molecule has 3 atom stereocenters. The van der Waals surface area contributed by atoms with Crippen molar-refractivity contribution in [2.45, 2.75) is 30.9 Å². The molecule has 0 aliphatic heterocycles. The number of rotatable bonds is 4. The third kappa shape index (κ3) is 3.66. The van der Waals surface area contributed by atoms with Crippen LogP contribution < -0.4 is 0 Å². The van der Waals surface area contributed by atoms with E-state index in [1.165, 1.54) is 0 Å². The van der Waals surface area contributed by atoms with Crippen molar-refractivity contribution >= 4 is 45.6 Å². The number of hydrogen-bond donors (Lipinski definition) is 1. The van der Waals surface area contributed by atoms with Gasteiger partial charge >= 0.3 is 21.3 Å². The van der Waals surface area contributed by atoms with Crippen LogP contribution in [-0.2, 0) is 19.6 Å². The molecule has 2 bridgehead atoms. The zero-order valence-corrected chi connectivity index (χ0v) is 13.3. The summed E-state index contributed by atoms with van der Waals surface area (Å²) in [5, 5.41) is -4.44. The second-order valence-electron chi connectivity index (χ2n) is 5.00. The first-order valence-corrected chi connectivity index (χ1v) is 7.16. The van der Waals surface area contributed by atoms with Crippen LogP contribution in [0.4, 0.5) is 8.78 Å². The summed E-state index contributed by atoms with van der Waals surface area (Å²) >= 11 is 0. The quantitative estimate of drug-likeness (QED) is 0.477. The zero-order valence-electron chi connectivity index (χ0n) is 10.5. The van der Waals surface area contributed by atoms with E-state index in [1.807, 2.05) is 0 Å². The van der Waals surface area contributed by atoms with Crippen molar-refractivity contribution in [3.05, 3.63) is 0 Å². The van der Waals surface area contributed by atoms with Gasteiger partial charge in [-0.25, -0.2) is 0 Å². The smallest absolute Gasteiger partial charge is 0.402 e. The van der Waals surface area contributed by atoms with Crippen LogP contribution in [0.15, 0.2) is 0 Å². The number of halogens is 2. The molecule has 1 N–H and O–H groups in total. The topological polar surface area (TPSA) is 80.7 Å². The molecule has 0 spiro atoms. The van der Waals surface area contributed by atoms with Crippen molar-refractivity contribution in [1.29, 1.82) is 0 Å². The molecule has 0 saturated heterocycles. The van der Waals surface area contributed by atoms with E-state index in [0.717, 1.165) is 19.3 Å². The third-order valence-electron chi connectivity index (χ3n) is 3.80. The Kier molecular flexibility index (Phi) is 5.40. The maximum absolute atomic E-state index is 12.9. The second kappa shape index (κ2) is 5.93. The summed E-state index contributed by atoms with van der Waals surface area (Å²) in [6.45, 7) is -1.63. The zero-order chi connectivity index (χ0) is 13.6. The maximum Gasteiger partial charge on any atom is 0.402 e. The molecule has 2 aliphatic carbocycles. The van der Waals surface area contributed by atoms with Crippen LogP contribution in [0.3, 0.4) is 0 Å². The first-order chi connectivity index (χ1) is 8.21. The Labute approximate surface area is 132 Å². The van der Waals surface area contributed by atoms with Gasteiger partial charge in [0, 0.05) is 29.6 Å². The van der Waals surface area contributed by atoms with Gasteiger partial charge in [-0.1, -0.05) is 6.42 Å². The Balaban J connectivity index is 0.00000180. The number of carbonyl (C=O) groups excluding carboxylic acids is 1. The average Bonchev–Trinajstić information content (AvgIpc) is 2.85. The van der Waals surface area contributed by atoms with Gasteiger partial charge in [-0.3, -0.25) is 9.35 Å². The first-order valence-electron chi connectivity index (χ1n) is 5.72. The fourth-order valence-corrected chi connectivity index (χ4v) is 3.08. The second-order valence-corrected chi connectivity index (χ2v) is 6.55. The van der Waals surface area contributed by atoms with Gasteiger partial charge in [0.1, 0.15) is 0 Å². The number of esters is 1. The van der Waals surface area contributed by atoms with Gasteiger partial charge < -0.3 is 4.74 Å². The summed E-state index contributed by atoms with van der Waals surface area (Å²) in [6, 6.07) is 0. The molecule has 2 rings (SSSR count). The standard InChI is InChI=1S/C10H14F2O5S.Na/c11-10(12,18(14,15)16)5-17-9(13)8-4-6-1-2-7(8)3-6;/h6-8H,1-5H2,(H,14,15,16);. The number of fused-ring (bicyclic) bond motifs is 2. The number of ether oxygens (including phenoxy) is 1. The minimum atomic E-state index is -5.54. The van der Waals surface area contributed by atoms with Crippen molar-refractivity contribution in [2.24, 2.45) is 17.8 Å². The molecule has 0 amide bonds. The molecular weight excluding hydrogens is 293 g/mol. The SMILES string of the molecule is O=C(OCC(F)(F)S(=O)(=O)O)C1CC2CCC1C2.[Na]. The molecule has 3 unspecified atom stereocenters. The van der Waals surface area contributed by atoms with Gasteiger partial charge in [0.15, 0.2) is 6.61 Å². The molecule has 2 aliphatic rings. The van der Waals surface area contributed by atoms with Gasteiger partial charge in [0.2, 0.25) is 0 Å². The normalized spacial score (nSPS) is 29.9. The van der Waals surface area contributed by atoms with Crippen molar-refractivity contribution < 1.29 is 31.3 Å². The molecular formula is C10H14F2NaO5S. The van der Waals surface area contributed by atoms with E-state index in [4.69, 9.17) is 4.55 Å². The largest absolute Gasteiger partial charge is 0.458 e. The number of carbonyl (C=O) groups is 1. The van der Waals surface area contributed by atoms with E-state index in [0.29, 0.717) is 12.3 Å². The summed E-state index contributed by atoms with van der Waals surface area (Å²) in [6.07, 6.45) is 3.48. The van der Waals surface area contributed by atoms with Crippen LogP contribution in [0.2, 0.25) is 0 Å². The number of hydrogen-bond acceptors (Lipinski definition) is 4. The Hall–Kier alpha value is 0.240. The minimum Gasteiger partial charge on any atom is -0.458 e. The van der Waals surface area contributed by atoms with E-state index < -0.39 is 33.9 Å². The Bertz CT molecular complexity index is 453. The maximum atomic E-state index is 12.9. The summed E-state index contributed by atoms with van der Waals surface area (Å²) in [5.41, 5.74) is 0. The molecule has 2 fully saturated rings. The predicted octanol–water partition coefficient (Wildman–Crippen LogP) is 1.07.